The van der Waals surface area contributed by atoms with E-state index in [9.17, 15) is 0 Å². The molecular formula is C7H9NS. The molecular weight excluding hydrogens is 130 g/mol. The fraction of sp³-hybridized carbons (Fsp3) is 0.286. The fourth-order valence-corrected chi connectivity index (χ4v) is 1.23. The number of aromatic nitrogens is 1. The average Bonchev–Trinajstić information content (AvgIpc) is 2.37. The van der Waals surface area contributed by atoms with Gasteiger partial charge >= 0.3 is 0 Å². The molecule has 9 heavy (non-hydrogen) atoms. The maximum Gasteiger partial charge on any atom is 0.118 e. The van der Waals surface area contributed by atoms with E-state index < -0.39 is 0 Å². The summed E-state index contributed by atoms with van der Waals surface area (Å²) in [5.74, 6) is 0. The fourth-order valence-electron chi connectivity index (χ4n) is 0.549. The van der Waals surface area contributed by atoms with Gasteiger partial charge in [0.1, 0.15) is 5.01 Å². The van der Waals surface area contributed by atoms with Gasteiger partial charge in [-0.05, 0) is 12.0 Å². The van der Waals surface area contributed by atoms with Crippen LogP contribution in [0, 0.1) is 0 Å². The van der Waals surface area contributed by atoms with E-state index in [1.807, 2.05) is 5.38 Å². The SMILES string of the molecule is C=C(CC)c1nccs1. The number of thiazole rings is 1. The average molecular weight is 139 g/mol. The van der Waals surface area contributed by atoms with Crippen molar-refractivity contribution in [2.24, 2.45) is 0 Å². The maximum absolute atomic E-state index is 4.11. The van der Waals surface area contributed by atoms with Gasteiger partial charge in [0.15, 0.2) is 0 Å². The molecule has 1 aromatic heterocycles. The summed E-state index contributed by atoms with van der Waals surface area (Å²) >= 11 is 1.64. The Balaban J connectivity index is 2.77. The van der Waals surface area contributed by atoms with Crippen molar-refractivity contribution in [3.63, 3.8) is 0 Å². The minimum Gasteiger partial charge on any atom is -0.245 e. The van der Waals surface area contributed by atoms with Gasteiger partial charge in [0, 0.05) is 11.6 Å². The Morgan fingerprint density at radius 2 is 2.67 bits per heavy atom. The monoisotopic (exact) mass is 139 g/mol. The molecule has 0 saturated heterocycles. The van der Waals surface area contributed by atoms with Crippen LogP contribution in [0.15, 0.2) is 18.2 Å². The molecule has 0 N–H and O–H groups in total. The lowest BCUT2D eigenvalue weighted by Crippen LogP contribution is -1.75. The van der Waals surface area contributed by atoms with Crippen LogP contribution in [0.5, 0.6) is 0 Å². The molecule has 48 valence electrons. The summed E-state index contributed by atoms with van der Waals surface area (Å²) in [6, 6.07) is 0. The molecule has 0 amide bonds. The van der Waals surface area contributed by atoms with Crippen LogP contribution in [-0.2, 0) is 0 Å². The molecule has 0 atom stereocenters. The molecule has 0 aliphatic rings. The normalized spacial score (nSPS) is 9.44. The second kappa shape index (κ2) is 2.78. The van der Waals surface area contributed by atoms with Crippen LogP contribution in [0.3, 0.4) is 0 Å². The molecule has 1 nitrogen and oxygen atoms in total. The molecule has 0 spiro atoms. The zero-order valence-corrected chi connectivity index (χ0v) is 6.24. The third-order valence-electron chi connectivity index (χ3n) is 1.16. The summed E-state index contributed by atoms with van der Waals surface area (Å²) in [6.07, 6.45) is 2.80. The van der Waals surface area contributed by atoms with Crippen molar-refractivity contribution in [2.45, 2.75) is 13.3 Å². The quantitative estimate of drug-likeness (QED) is 0.613. The van der Waals surface area contributed by atoms with Crippen molar-refractivity contribution >= 4 is 16.9 Å². The molecule has 1 rings (SSSR count). The number of allylic oxidation sites excluding steroid dienone is 1. The molecule has 0 bridgehead atoms. The van der Waals surface area contributed by atoms with Crippen molar-refractivity contribution in [1.82, 2.24) is 4.98 Å². The molecule has 0 fully saturated rings. The summed E-state index contributed by atoms with van der Waals surface area (Å²) in [7, 11) is 0. The predicted molar refractivity (Wildman–Crippen MR) is 41.4 cm³/mol. The summed E-state index contributed by atoms with van der Waals surface area (Å²) in [4.78, 5) is 4.11. The first kappa shape index (κ1) is 6.49. The van der Waals surface area contributed by atoms with Crippen LogP contribution in [0.4, 0.5) is 0 Å². The van der Waals surface area contributed by atoms with E-state index in [-0.39, 0.29) is 0 Å². The topological polar surface area (TPSA) is 12.9 Å². The molecule has 0 aliphatic carbocycles. The number of rotatable bonds is 2. The third kappa shape index (κ3) is 1.39. The lowest BCUT2D eigenvalue weighted by atomic mass is 10.2. The molecule has 0 aliphatic heterocycles. The molecule has 0 unspecified atom stereocenters. The molecule has 0 aromatic carbocycles. The largest absolute Gasteiger partial charge is 0.245 e. The van der Waals surface area contributed by atoms with E-state index in [0.717, 1.165) is 17.0 Å². The van der Waals surface area contributed by atoms with Gasteiger partial charge in [-0.25, -0.2) is 4.98 Å². The van der Waals surface area contributed by atoms with Crippen molar-refractivity contribution in [3.05, 3.63) is 23.2 Å². The van der Waals surface area contributed by atoms with Gasteiger partial charge in [0.05, 0.1) is 0 Å². The van der Waals surface area contributed by atoms with Crippen LogP contribution in [-0.4, -0.2) is 4.98 Å². The van der Waals surface area contributed by atoms with E-state index in [4.69, 9.17) is 0 Å². The standard InChI is InChI=1S/C7H9NS/c1-3-6(2)7-8-4-5-9-7/h4-5H,2-3H2,1H3. The summed E-state index contributed by atoms with van der Waals surface area (Å²) < 4.78 is 0. The van der Waals surface area contributed by atoms with E-state index in [0.29, 0.717) is 0 Å². The summed E-state index contributed by atoms with van der Waals surface area (Å²) in [6.45, 7) is 5.95. The van der Waals surface area contributed by atoms with E-state index in [1.54, 1.807) is 17.5 Å². The van der Waals surface area contributed by atoms with Gasteiger partial charge in [-0.1, -0.05) is 13.5 Å². The van der Waals surface area contributed by atoms with Crippen LogP contribution in [0.25, 0.3) is 5.57 Å². The Bertz CT molecular complexity index is 189. The lowest BCUT2D eigenvalue weighted by Gasteiger charge is -1.91. The zero-order valence-electron chi connectivity index (χ0n) is 5.42. The highest BCUT2D eigenvalue weighted by molar-refractivity contribution is 7.10. The van der Waals surface area contributed by atoms with Crippen LogP contribution >= 0.6 is 11.3 Å². The Hall–Kier alpha value is -0.630. The summed E-state index contributed by atoms with van der Waals surface area (Å²) in [5.41, 5.74) is 1.13. The van der Waals surface area contributed by atoms with E-state index >= 15 is 0 Å². The minimum absolute atomic E-state index is 0.994. The highest BCUT2D eigenvalue weighted by atomic mass is 32.1. The van der Waals surface area contributed by atoms with E-state index in [2.05, 4.69) is 18.5 Å². The summed E-state index contributed by atoms with van der Waals surface area (Å²) in [5, 5.41) is 3.04. The highest BCUT2D eigenvalue weighted by Crippen LogP contribution is 2.16. The Labute approximate surface area is 59.1 Å². The van der Waals surface area contributed by atoms with Gasteiger partial charge in [-0.3, -0.25) is 0 Å². The number of nitrogens with zero attached hydrogens (tertiary/aromatic N) is 1. The number of hydrogen-bond acceptors (Lipinski definition) is 2. The van der Waals surface area contributed by atoms with E-state index in [1.165, 1.54) is 0 Å². The predicted octanol–water partition coefficient (Wildman–Crippen LogP) is 2.57. The Morgan fingerprint density at radius 1 is 1.89 bits per heavy atom. The van der Waals surface area contributed by atoms with Gasteiger partial charge in [0.25, 0.3) is 0 Å². The first-order valence-electron chi connectivity index (χ1n) is 2.92. The van der Waals surface area contributed by atoms with Crippen LogP contribution in [0.2, 0.25) is 0 Å². The Kier molecular flexibility index (Phi) is 2.01. The Morgan fingerprint density at radius 3 is 3.11 bits per heavy atom. The smallest absolute Gasteiger partial charge is 0.118 e. The lowest BCUT2D eigenvalue weighted by molar-refractivity contribution is 1.22. The molecule has 1 heterocycles. The zero-order chi connectivity index (χ0) is 6.69. The minimum atomic E-state index is 0.994. The highest BCUT2D eigenvalue weighted by Gasteiger charge is 1.95. The van der Waals surface area contributed by atoms with Crippen molar-refractivity contribution in [1.29, 1.82) is 0 Å². The molecule has 2 heteroatoms. The molecule has 1 aromatic rings. The van der Waals surface area contributed by atoms with Crippen molar-refractivity contribution < 1.29 is 0 Å². The van der Waals surface area contributed by atoms with Crippen LogP contribution in [0.1, 0.15) is 18.4 Å². The van der Waals surface area contributed by atoms with Crippen molar-refractivity contribution in [3.8, 4) is 0 Å². The van der Waals surface area contributed by atoms with Crippen molar-refractivity contribution in [2.75, 3.05) is 0 Å². The first-order chi connectivity index (χ1) is 4.34. The molecule has 0 radical (unpaired) electrons. The van der Waals surface area contributed by atoms with Gasteiger partial charge in [-0.2, -0.15) is 0 Å². The third-order valence-corrected chi connectivity index (χ3v) is 2.04. The number of hydrogen-bond donors (Lipinski definition) is 0. The van der Waals surface area contributed by atoms with Crippen LogP contribution < -0.4 is 0 Å². The second-order valence-electron chi connectivity index (χ2n) is 1.79. The van der Waals surface area contributed by atoms with Gasteiger partial charge < -0.3 is 0 Å². The first-order valence-corrected chi connectivity index (χ1v) is 3.80. The van der Waals surface area contributed by atoms with Gasteiger partial charge in [0.2, 0.25) is 0 Å². The van der Waals surface area contributed by atoms with Gasteiger partial charge in [-0.15, -0.1) is 11.3 Å². The maximum atomic E-state index is 4.11. The molecule has 0 saturated carbocycles. The second-order valence-corrected chi connectivity index (χ2v) is 2.69.